The third kappa shape index (κ3) is 3.69. The van der Waals surface area contributed by atoms with Gasteiger partial charge >= 0.3 is 0 Å². The zero-order valence-corrected chi connectivity index (χ0v) is 18.5. The Kier molecular flexibility index (Phi) is 5.07. The Bertz CT molecular complexity index is 1250. The van der Waals surface area contributed by atoms with Crippen molar-refractivity contribution in [3.8, 4) is 11.4 Å². The average molecular weight is 420 g/mol. The van der Waals surface area contributed by atoms with Gasteiger partial charge in [-0.2, -0.15) is 0 Å². The number of aromatic nitrogens is 4. The Morgan fingerprint density at radius 3 is 1.47 bits per heavy atom. The summed E-state index contributed by atoms with van der Waals surface area (Å²) in [7, 11) is 0. The number of para-hydroxylation sites is 2. The second kappa shape index (κ2) is 8.19. The van der Waals surface area contributed by atoms with Crippen molar-refractivity contribution in [3.05, 3.63) is 114 Å². The van der Waals surface area contributed by atoms with Crippen LogP contribution in [0.5, 0.6) is 0 Å². The summed E-state index contributed by atoms with van der Waals surface area (Å²) in [6.07, 6.45) is 3.98. The molecular weight excluding hydrogens is 394 g/mol. The van der Waals surface area contributed by atoms with Crippen LogP contribution in [0, 0.1) is 20.8 Å². The number of rotatable bonds is 5. The minimum absolute atomic E-state index is 0.821. The van der Waals surface area contributed by atoms with E-state index in [0.29, 0.717) is 0 Å². The average Bonchev–Trinajstić information content (AvgIpc) is 3.48. The van der Waals surface area contributed by atoms with Gasteiger partial charge in [0.1, 0.15) is 0 Å². The van der Waals surface area contributed by atoms with Gasteiger partial charge in [-0.05, 0) is 56.2 Å². The fraction of sp³-hybridized carbons (Fsp3) is 0.111. The van der Waals surface area contributed by atoms with E-state index in [4.69, 9.17) is 10.2 Å². The molecule has 0 fully saturated rings. The van der Waals surface area contributed by atoms with Crippen LogP contribution in [0.2, 0.25) is 0 Å². The van der Waals surface area contributed by atoms with Crippen molar-refractivity contribution in [1.82, 2.24) is 19.6 Å². The van der Waals surface area contributed by atoms with Crippen molar-refractivity contribution in [2.75, 3.05) is 4.90 Å². The van der Waals surface area contributed by atoms with E-state index in [-0.39, 0.29) is 0 Å². The molecule has 0 unspecified atom stereocenters. The van der Waals surface area contributed by atoms with E-state index >= 15 is 0 Å². The lowest BCUT2D eigenvalue weighted by molar-refractivity contribution is 0.857. The van der Waals surface area contributed by atoms with Gasteiger partial charge in [0, 0.05) is 24.5 Å². The molecule has 3 aromatic carbocycles. The van der Waals surface area contributed by atoms with Gasteiger partial charge in [-0.1, -0.05) is 54.1 Å². The standard InChI is InChI=1S/C27H25N5/c1-20-18-21(2)27(22(3)19-20)32(25-14-16-30(28-25)23-10-6-4-7-11-23)26-15-17-31(29-26)24-12-8-5-9-13-24/h4-19H,1-3H3. The first-order valence-corrected chi connectivity index (χ1v) is 10.7. The minimum Gasteiger partial charge on any atom is -0.275 e. The second-order valence-corrected chi connectivity index (χ2v) is 7.99. The molecule has 32 heavy (non-hydrogen) atoms. The van der Waals surface area contributed by atoms with E-state index in [1.165, 1.54) is 16.7 Å². The Morgan fingerprint density at radius 2 is 1.03 bits per heavy atom. The fourth-order valence-corrected chi connectivity index (χ4v) is 4.19. The molecule has 0 saturated carbocycles. The van der Waals surface area contributed by atoms with Gasteiger partial charge in [-0.15, -0.1) is 10.2 Å². The highest BCUT2D eigenvalue weighted by Crippen LogP contribution is 2.37. The van der Waals surface area contributed by atoms with Crippen LogP contribution in [0.25, 0.3) is 11.4 Å². The quantitative estimate of drug-likeness (QED) is 0.328. The zero-order valence-electron chi connectivity index (χ0n) is 18.5. The van der Waals surface area contributed by atoms with Crippen LogP contribution >= 0.6 is 0 Å². The number of anilines is 3. The fourth-order valence-electron chi connectivity index (χ4n) is 4.19. The third-order valence-electron chi connectivity index (χ3n) is 5.51. The lowest BCUT2D eigenvalue weighted by Gasteiger charge is -2.24. The van der Waals surface area contributed by atoms with Gasteiger partial charge in [-0.25, -0.2) is 9.36 Å². The lowest BCUT2D eigenvalue weighted by Crippen LogP contribution is -2.15. The number of aryl methyl sites for hydroxylation is 3. The first-order chi connectivity index (χ1) is 15.6. The van der Waals surface area contributed by atoms with Gasteiger partial charge in [0.2, 0.25) is 0 Å². The Labute approximate surface area is 188 Å². The highest BCUT2D eigenvalue weighted by Gasteiger charge is 2.22. The molecular formula is C27H25N5. The molecule has 0 atom stereocenters. The molecule has 0 saturated heterocycles. The van der Waals surface area contributed by atoms with Crippen LogP contribution in [0.15, 0.2) is 97.3 Å². The highest BCUT2D eigenvalue weighted by atomic mass is 15.4. The summed E-state index contributed by atoms with van der Waals surface area (Å²) in [6, 6.07) is 28.8. The van der Waals surface area contributed by atoms with Gasteiger partial charge in [0.15, 0.2) is 11.6 Å². The van der Waals surface area contributed by atoms with Crippen molar-refractivity contribution >= 4 is 17.3 Å². The minimum atomic E-state index is 0.821. The van der Waals surface area contributed by atoms with Crippen molar-refractivity contribution in [2.45, 2.75) is 20.8 Å². The first kappa shape index (κ1) is 19.8. The van der Waals surface area contributed by atoms with E-state index in [1.54, 1.807) is 0 Å². The molecule has 0 amide bonds. The Balaban J connectivity index is 1.65. The molecule has 158 valence electrons. The molecule has 2 aromatic heterocycles. The molecule has 5 rings (SSSR count). The van der Waals surface area contributed by atoms with Crippen LogP contribution in [0.3, 0.4) is 0 Å². The molecule has 0 bridgehead atoms. The Hall–Kier alpha value is -4.12. The monoisotopic (exact) mass is 419 g/mol. The number of hydrogen-bond donors (Lipinski definition) is 0. The van der Waals surface area contributed by atoms with Gasteiger partial charge < -0.3 is 0 Å². The van der Waals surface area contributed by atoms with E-state index in [1.807, 2.05) is 94.6 Å². The van der Waals surface area contributed by atoms with Crippen LogP contribution in [0.1, 0.15) is 16.7 Å². The summed E-state index contributed by atoms with van der Waals surface area (Å²) in [5, 5.41) is 9.83. The predicted octanol–water partition coefficient (Wildman–Crippen LogP) is 6.45. The van der Waals surface area contributed by atoms with Gasteiger partial charge in [0.25, 0.3) is 0 Å². The summed E-state index contributed by atoms with van der Waals surface area (Å²) in [6.45, 7) is 6.41. The predicted molar refractivity (Wildman–Crippen MR) is 130 cm³/mol. The maximum absolute atomic E-state index is 4.91. The van der Waals surface area contributed by atoms with Crippen LogP contribution in [-0.4, -0.2) is 19.6 Å². The molecule has 0 aliphatic heterocycles. The molecule has 0 spiro atoms. The molecule has 0 aliphatic carbocycles. The number of hydrogen-bond acceptors (Lipinski definition) is 3. The summed E-state index contributed by atoms with van der Waals surface area (Å²) < 4.78 is 3.80. The third-order valence-corrected chi connectivity index (χ3v) is 5.51. The van der Waals surface area contributed by atoms with E-state index < -0.39 is 0 Å². The van der Waals surface area contributed by atoms with Crippen LogP contribution < -0.4 is 4.90 Å². The van der Waals surface area contributed by atoms with Crippen molar-refractivity contribution < 1.29 is 0 Å². The van der Waals surface area contributed by atoms with Crippen LogP contribution in [0.4, 0.5) is 17.3 Å². The summed E-state index contributed by atoms with van der Waals surface area (Å²) in [4.78, 5) is 2.14. The maximum atomic E-state index is 4.91. The summed E-state index contributed by atoms with van der Waals surface area (Å²) in [5.74, 6) is 1.64. The van der Waals surface area contributed by atoms with Crippen molar-refractivity contribution in [1.29, 1.82) is 0 Å². The normalized spacial score (nSPS) is 11.0. The maximum Gasteiger partial charge on any atom is 0.161 e. The summed E-state index contributed by atoms with van der Waals surface area (Å²) >= 11 is 0. The topological polar surface area (TPSA) is 38.9 Å². The first-order valence-electron chi connectivity index (χ1n) is 10.7. The summed E-state index contributed by atoms with van der Waals surface area (Å²) in [5.41, 5.74) is 6.76. The van der Waals surface area contributed by atoms with Gasteiger partial charge in [-0.3, -0.25) is 4.90 Å². The van der Waals surface area contributed by atoms with Crippen LogP contribution in [-0.2, 0) is 0 Å². The molecule has 5 nitrogen and oxygen atoms in total. The van der Waals surface area contributed by atoms with E-state index in [9.17, 15) is 0 Å². The molecule has 0 aliphatic rings. The molecule has 0 N–H and O–H groups in total. The number of benzene rings is 3. The lowest BCUT2D eigenvalue weighted by atomic mass is 10.0. The molecule has 0 radical (unpaired) electrons. The molecule has 5 aromatic rings. The smallest absolute Gasteiger partial charge is 0.161 e. The largest absolute Gasteiger partial charge is 0.275 e. The highest BCUT2D eigenvalue weighted by molar-refractivity contribution is 5.77. The van der Waals surface area contributed by atoms with Gasteiger partial charge in [0.05, 0.1) is 17.1 Å². The molecule has 5 heteroatoms. The van der Waals surface area contributed by atoms with Crippen molar-refractivity contribution in [2.24, 2.45) is 0 Å². The van der Waals surface area contributed by atoms with Crippen molar-refractivity contribution in [3.63, 3.8) is 0 Å². The molecule has 2 heterocycles. The second-order valence-electron chi connectivity index (χ2n) is 7.99. The van der Waals surface area contributed by atoms with E-state index in [0.717, 1.165) is 28.7 Å². The SMILES string of the molecule is Cc1cc(C)c(N(c2ccn(-c3ccccc3)n2)c2ccn(-c3ccccc3)n2)c(C)c1. The Morgan fingerprint density at radius 1 is 0.594 bits per heavy atom. The number of nitrogens with zero attached hydrogens (tertiary/aromatic N) is 5. The van der Waals surface area contributed by atoms with E-state index in [2.05, 4.69) is 37.8 Å². The zero-order chi connectivity index (χ0) is 22.1.